The van der Waals surface area contributed by atoms with Crippen LogP contribution < -0.4 is 4.74 Å². The third-order valence-electron chi connectivity index (χ3n) is 4.20. The summed E-state index contributed by atoms with van der Waals surface area (Å²) in [7, 11) is 1.68. The first-order valence-electron chi connectivity index (χ1n) is 8.20. The molecule has 3 aromatic carbocycles. The van der Waals surface area contributed by atoms with Crippen molar-refractivity contribution in [2.24, 2.45) is 0 Å². The molecule has 4 aromatic rings. The average Bonchev–Trinajstić information content (AvgIpc) is 3.14. The summed E-state index contributed by atoms with van der Waals surface area (Å²) in [6, 6.07) is 28.6. The smallest absolute Gasteiger partial charge is 0.121 e. The van der Waals surface area contributed by atoms with Gasteiger partial charge < -0.3 is 4.74 Å². The van der Waals surface area contributed by atoms with Gasteiger partial charge in [-0.15, -0.1) is 0 Å². The highest BCUT2D eigenvalue weighted by molar-refractivity contribution is 5.81. The summed E-state index contributed by atoms with van der Waals surface area (Å²) in [5, 5.41) is 4.68. The second-order valence-corrected chi connectivity index (χ2v) is 5.75. The highest BCUT2D eigenvalue weighted by Gasteiger charge is 2.16. The van der Waals surface area contributed by atoms with Gasteiger partial charge in [0.05, 0.1) is 24.7 Å². The molecule has 1 aromatic heterocycles. The largest absolute Gasteiger partial charge is 0.497 e. The maximum atomic E-state index is 5.37. The van der Waals surface area contributed by atoms with E-state index in [1.54, 1.807) is 7.11 Å². The number of benzene rings is 3. The Balaban J connectivity index is 1.95. The topological polar surface area (TPSA) is 27.1 Å². The monoisotopic (exact) mass is 326 g/mol. The van der Waals surface area contributed by atoms with Crippen LogP contribution in [0.15, 0.2) is 91.1 Å². The van der Waals surface area contributed by atoms with Crippen LogP contribution in [-0.4, -0.2) is 16.9 Å². The van der Waals surface area contributed by atoms with Crippen molar-refractivity contribution in [2.45, 2.75) is 0 Å². The fourth-order valence-electron chi connectivity index (χ4n) is 2.99. The third kappa shape index (κ3) is 2.92. The Kier molecular flexibility index (Phi) is 4.05. The second-order valence-electron chi connectivity index (χ2n) is 5.75. The Morgan fingerprint density at radius 2 is 1.44 bits per heavy atom. The molecule has 0 fully saturated rings. The normalized spacial score (nSPS) is 10.6. The van der Waals surface area contributed by atoms with E-state index < -0.39 is 0 Å². The van der Waals surface area contributed by atoms with Gasteiger partial charge in [-0.3, -0.25) is 0 Å². The maximum Gasteiger partial charge on any atom is 0.121 e. The number of nitrogens with zero attached hydrogens (tertiary/aromatic N) is 2. The van der Waals surface area contributed by atoms with E-state index in [4.69, 9.17) is 4.74 Å². The minimum atomic E-state index is 0.813. The second kappa shape index (κ2) is 6.65. The van der Waals surface area contributed by atoms with E-state index in [2.05, 4.69) is 29.4 Å². The van der Waals surface area contributed by atoms with Crippen molar-refractivity contribution in [1.29, 1.82) is 0 Å². The molecular weight excluding hydrogens is 308 g/mol. The molecule has 0 saturated carbocycles. The Bertz CT molecular complexity index is 975. The predicted octanol–water partition coefficient (Wildman–Crippen LogP) is 5.21. The molecule has 0 unspecified atom stereocenters. The molecule has 122 valence electrons. The summed E-state index contributed by atoms with van der Waals surface area (Å²) in [6.45, 7) is 0. The van der Waals surface area contributed by atoms with Gasteiger partial charge in [-0.25, -0.2) is 4.68 Å². The summed E-state index contributed by atoms with van der Waals surface area (Å²) in [5.41, 5.74) is 5.42. The molecule has 3 heteroatoms. The Hall–Kier alpha value is -3.33. The summed E-state index contributed by atoms with van der Waals surface area (Å²) < 4.78 is 7.34. The average molecular weight is 326 g/mol. The SMILES string of the molecule is COc1cccc(-n2ncc(-c3ccccc3)c2-c2ccccc2)c1. The lowest BCUT2D eigenvalue weighted by Crippen LogP contribution is -2.00. The van der Waals surface area contributed by atoms with Gasteiger partial charge in [0.2, 0.25) is 0 Å². The molecule has 0 amide bonds. The lowest BCUT2D eigenvalue weighted by molar-refractivity contribution is 0.414. The Morgan fingerprint density at radius 1 is 0.760 bits per heavy atom. The zero-order valence-corrected chi connectivity index (χ0v) is 14.0. The molecule has 0 aliphatic heterocycles. The number of aromatic nitrogens is 2. The molecule has 0 bridgehead atoms. The van der Waals surface area contributed by atoms with Crippen molar-refractivity contribution in [3.63, 3.8) is 0 Å². The zero-order chi connectivity index (χ0) is 17.1. The van der Waals surface area contributed by atoms with Crippen LogP contribution >= 0.6 is 0 Å². The summed E-state index contributed by atoms with van der Waals surface area (Å²) in [4.78, 5) is 0. The molecule has 25 heavy (non-hydrogen) atoms. The Labute approximate surface area is 147 Å². The summed E-state index contributed by atoms with van der Waals surface area (Å²) >= 11 is 0. The van der Waals surface area contributed by atoms with Crippen molar-refractivity contribution >= 4 is 0 Å². The number of hydrogen-bond donors (Lipinski definition) is 0. The fraction of sp³-hybridized carbons (Fsp3) is 0.0455. The molecule has 0 aliphatic rings. The van der Waals surface area contributed by atoms with E-state index in [0.717, 1.165) is 33.8 Å². The first-order chi connectivity index (χ1) is 12.4. The van der Waals surface area contributed by atoms with Gasteiger partial charge in [-0.05, 0) is 17.7 Å². The molecule has 0 spiro atoms. The van der Waals surface area contributed by atoms with E-state index in [1.807, 2.05) is 71.5 Å². The van der Waals surface area contributed by atoms with E-state index in [1.165, 1.54) is 0 Å². The van der Waals surface area contributed by atoms with Crippen LogP contribution in [0.25, 0.3) is 28.1 Å². The minimum Gasteiger partial charge on any atom is -0.497 e. The molecule has 0 atom stereocenters. The number of rotatable bonds is 4. The third-order valence-corrected chi connectivity index (χ3v) is 4.20. The van der Waals surface area contributed by atoms with Crippen molar-refractivity contribution < 1.29 is 4.74 Å². The summed E-state index contributed by atoms with van der Waals surface area (Å²) in [6.07, 6.45) is 1.93. The summed E-state index contributed by atoms with van der Waals surface area (Å²) in [5.74, 6) is 0.813. The Morgan fingerprint density at radius 3 is 2.12 bits per heavy atom. The van der Waals surface area contributed by atoms with Gasteiger partial charge >= 0.3 is 0 Å². The standard InChI is InChI=1S/C22H18N2O/c1-25-20-14-8-13-19(15-20)24-22(18-11-6-3-7-12-18)21(16-23-24)17-9-4-2-5-10-17/h2-16H,1H3. The van der Waals surface area contributed by atoms with Crippen LogP contribution in [0.5, 0.6) is 5.75 Å². The maximum absolute atomic E-state index is 5.37. The molecule has 1 heterocycles. The van der Waals surface area contributed by atoms with E-state index in [0.29, 0.717) is 0 Å². The van der Waals surface area contributed by atoms with Gasteiger partial charge in [0.15, 0.2) is 0 Å². The van der Waals surface area contributed by atoms with Crippen LogP contribution in [0.2, 0.25) is 0 Å². The van der Waals surface area contributed by atoms with E-state index >= 15 is 0 Å². The number of ether oxygens (including phenoxy) is 1. The van der Waals surface area contributed by atoms with Crippen molar-refractivity contribution in [2.75, 3.05) is 7.11 Å². The minimum absolute atomic E-state index is 0.813. The van der Waals surface area contributed by atoms with Gasteiger partial charge in [0, 0.05) is 17.2 Å². The van der Waals surface area contributed by atoms with Crippen LogP contribution in [-0.2, 0) is 0 Å². The first kappa shape index (κ1) is 15.2. The van der Waals surface area contributed by atoms with Crippen molar-refractivity contribution in [3.8, 4) is 33.8 Å². The highest BCUT2D eigenvalue weighted by atomic mass is 16.5. The highest BCUT2D eigenvalue weighted by Crippen LogP contribution is 2.34. The molecule has 3 nitrogen and oxygen atoms in total. The lowest BCUT2D eigenvalue weighted by atomic mass is 10.0. The van der Waals surface area contributed by atoms with E-state index in [9.17, 15) is 0 Å². The number of methoxy groups -OCH3 is 1. The van der Waals surface area contributed by atoms with Gasteiger partial charge in [0.1, 0.15) is 5.75 Å². The zero-order valence-electron chi connectivity index (χ0n) is 14.0. The van der Waals surface area contributed by atoms with Crippen molar-refractivity contribution in [1.82, 2.24) is 9.78 Å². The predicted molar refractivity (Wildman–Crippen MR) is 101 cm³/mol. The van der Waals surface area contributed by atoms with Crippen LogP contribution in [0.1, 0.15) is 0 Å². The number of hydrogen-bond acceptors (Lipinski definition) is 2. The van der Waals surface area contributed by atoms with Gasteiger partial charge in [0.25, 0.3) is 0 Å². The molecule has 0 radical (unpaired) electrons. The first-order valence-corrected chi connectivity index (χ1v) is 8.20. The quantitative estimate of drug-likeness (QED) is 0.514. The van der Waals surface area contributed by atoms with Crippen LogP contribution in [0, 0.1) is 0 Å². The van der Waals surface area contributed by atoms with E-state index in [-0.39, 0.29) is 0 Å². The van der Waals surface area contributed by atoms with Gasteiger partial charge in [-0.2, -0.15) is 5.10 Å². The van der Waals surface area contributed by atoms with Crippen LogP contribution in [0.4, 0.5) is 0 Å². The molecule has 0 N–H and O–H groups in total. The lowest BCUT2D eigenvalue weighted by Gasteiger charge is -2.11. The fourth-order valence-corrected chi connectivity index (χ4v) is 2.99. The van der Waals surface area contributed by atoms with Gasteiger partial charge in [-0.1, -0.05) is 66.7 Å². The molecule has 4 rings (SSSR count). The molecule has 0 aliphatic carbocycles. The molecular formula is C22H18N2O. The molecule has 0 saturated heterocycles. The van der Waals surface area contributed by atoms with Crippen molar-refractivity contribution in [3.05, 3.63) is 91.1 Å². The van der Waals surface area contributed by atoms with Crippen LogP contribution in [0.3, 0.4) is 0 Å².